The summed E-state index contributed by atoms with van der Waals surface area (Å²) in [6, 6.07) is 15.3. The summed E-state index contributed by atoms with van der Waals surface area (Å²) in [4.78, 5) is 8.30. The van der Waals surface area contributed by atoms with E-state index in [1.165, 1.54) is 20.7 Å². The Hall–Kier alpha value is -1.71. The maximum absolute atomic E-state index is 4.47. The summed E-state index contributed by atoms with van der Waals surface area (Å²) >= 11 is 1.88. The van der Waals surface area contributed by atoms with Crippen LogP contribution in [0, 0.1) is 0 Å². The molecule has 0 bridgehead atoms. The van der Waals surface area contributed by atoms with Crippen LogP contribution in [0.4, 0.5) is 0 Å². The van der Waals surface area contributed by atoms with Crippen LogP contribution in [0.2, 0.25) is 0 Å². The lowest BCUT2D eigenvalue weighted by Gasteiger charge is -2.31. The minimum Gasteiger partial charge on any atom is -0.301 e. The molecule has 1 aromatic carbocycles. The van der Waals surface area contributed by atoms with Crippen molar-refractivity contribution in [2.24, 2.45) is 0 Å². The lowest BCUT2D eigenvalue weighted by atomic mass is 9.89. The van der Waals surface area contributed by atoms with Crippen molar-refractivity contribution in [3.8, 4) is 0 Å². The second kappa shape index (κ2) is 4.69. The number of nitrogens with zero attached hydrogens (tertiary/aromatic N) is 2. The highest BCUT2D eigenvalue weighted by Gasteiger charge is 2.25. The summed E-state index contributed by atoms with van der Waals surface area (Å²) in [6.45, 7) is 2.14. The molecule has 2 aromatic heterocycles. The van der Waals surface area contributed by atoms with E-state index < -0.39 is 0 Å². The van der Waals surface area contributed by atoms with Crippen LogP contribution in [0.5, 0.6) is 0 Å². The molecule has 1 aliphatic rings. The van der Waals surface area contributed by atoms with Crippen molar-refractivity contribution >= 4 is 21.6 Å². The molecular formula is C17H16N2S. The van der Waals surface area contributed by atoms with Crippen LogP contribution in [0.1, 0.15) is 21.9 Å². The summed E-state index contributed by atoms with van der Waals surface area (Å²) in [5, 5.41) is 0. The monoisotopic (exact) mass is 280 g/mol. The number of rotatable bonds is 1. The topological polar surface area (TPSA) is 16.1 Å². The molecule has 100 valence electrons. The first-order valence-corrected chi connectivity index (χ1v) is 7.74. The van der Waals surface area contributed by atoms with Crippen LogP contribution < -0.4 is 0 Å². The highest BCUT2D eigenvalue weighted by molar-refractivity contribution is 7.19. The predicted octanol–water partition coefficient (Wildman–Crippen LogP) is 3.87. The molecule has 1 aliphatic heterocycles. The molecule has 20 heavy (non-hydrogen) atoms. The van der Waals surface area contributed by atoms with Crippen molar-refractivity contribution in [2.45, 2.75) is 12.5 Å². The van der Waals surface area contributed by atoms with Crippen LogP contribution in [0.15, 0.2) is 48.7 Å². The lowest BCUT2D eigenvalue weighted by Crippen LogP contribution is -2.30. The Labute approximate surface area is 122 Å². The number of hydrogen-bond acceptors (Lipinski definition) is 3. The Bertz CT molecular complexity index is 729. The van der Waals surface area contributed by atoms with E-state index in [9.17, 15) is 0 Å². The number of pyridine rings is 1. The molecule has 0 radical (unpaired) electrons. The quantitative estimate of drug-likeness (QED) is 0.672. The third-order valence-corrected chi connectivity index (χ3v) is 5.22. The van der Waals surface area contributed by atoms with Crippen molar-refractivity contribution in [2.75, 3.05) is 13.6 Å². The van der Waals surface area contributed by atoms with Gasteiger partial charge in [-0.25, -0.2) is 0 Å². The van der Waals surface area contributed by atoms with Crippen LogP contribution in [0.3, 0.4) is 0 Å². The fourth-order valence-electron chi connectivity index (χ4n) is 3.09. The molecule has 0 saturated carbocycles. The molecule has 0 saturated heterocycles. The molecule has 3 aromatic rings. The minimum absolute atomic E-state index is 0.476. The van der Waals surface area contributed by atoms with Crippen LogP contribution in [-0.4, -0.2) is 23.5 Å². The molecule has 1 unspecified atom stereocenters. The van der Waals surface area contributed by atoms with E-state index in [4.69, 9.17) is 0 Å². The van der Waals surface area contributed by atoms with E-state index in [1.54, 1.807) is 0 Å². The average Bonchev–Trinajstić information content (AvgIpc) is 2.90. The highest BCUT2D eigenvalue weighted by Crippen LogP contribution is 2.38. The smallest absolute Gasteiger partial charge is 0.0812 e. The van der Waals surface area contributed by atoms with E-state index in [0.29, 0.717) is 5.92 Å². The third-order valence-electron chi connectivity index (χ3n) is 4.01. The second-order valence-electron chi connectivity index (χ2n) is 5.48. The fourth-order valence-corrected chi connectivity index (χ4v) is 4.22. The zero-order chi connectivity index (χ0) is 13.5. The Morgan fingerprint density at radius 1 is 1.20 bits per heavy atom. The summed E-state index contributed by atoms with van der Waals surface area (Å²) in [5.41, 5.74) is 4.06. The highest BCUT2D eigenvalue weighted by atomic mass is 32.1. The van der Waals surface area contributed by atoms with Crippen LogP contribution in [-0.2, 0) is 6.54 Å². The number of fused-ring (bicyclic) bond motifs is 2. The Balaban J connectivity index is 1.85. The Kier molecular flexibility index (Phi) is 2.83. The second-order valence-corrected chi connectivity index (χ2v) is 6.60. The predicted molar refractivity (Wildman–Crippen MR) is 84.2 cm³/mol. The van der Waals surface area contributed by atoms with Crippen molar-refractivity contribution in [3.63, 3.8) is 0 Å². The van der Waals surface area contributed by atoms with Gasteiger partial charge in [0, 0.05) is 30.1 Å². The first-order chi connectivity index (χ1) is 9.81. The summed E-state index contributed by atoms with van der Waals surface area (Å²) < 4.78 is 1.29. The third kappa shape index (κ3) is 1.94. The van der Waals surface area contributed by atoms with Gasteiger partial charge >= 0.3 is 0 Å². The first kappa shape index (κ1) is 12.1. The van der Waals surface area contributed by atoms with Gasteiger partial charge in [-0.15, -0.1) is 11.3 Å². The van der Waals surface area contributed by atoms with Gasteiger partial charge in [-0.05, 0) is 36.4 Å². The van der Waals surface area contributed by atoms with Crippen molar-refractivity contribution in [1.82, 2.24) is 9.88 Å². The van der Waals surface area contributed by atoms with Crippen molar-refractivity contribution in [1.29, 1.82) is 0 Å². The van der Waals surface area contributed by atoms with E-state index >= 15 is 0 Å². The molecule has 4 rings (SSSR count). The number of aromatic nitrogens is 1. The maximum Gasteiger partial charge on any atom is 0.0812 e. The van der Waals surface area contributed by atoms with Crippen molar-refractivity contribution in [3.05, 3.63) is 64.7 Å². The Morgan fingerprint density at radius 2 is 2.10 bits per heavy atom. The van der Waals surface area contributed by atoms with Crippen LogP contribution >= 0.6 is 11.3 Å². The van der Waals surface area contributed by atoms with E-state index in [2.05, 4.69) is 53.3 Å². The van der Waals surface area contributed by atoms with Gasteiger partial charge in [-0.2, -0.15) is 0 Å². The van der Waals surface area contributed by atoms with E-state index in [1.807, 2.05) is 23.6 Å². The molecule has 3 heteroatoms. The van der Waals surface area contributed by atoms with Gasteiger partial charge in [-0.1, -0.05) is 24.3 Å². The van der Waals surface area contributed by atoms with Gasteiger partial charge in [-0.3, -0.25) is 4.98 Å². The molecule has 1 atom stereocenters. The average molecular weight is 280 g/mol. The number of hydrogen-bond donors (Lipinski definition) is 0. The van der Waals surface area contributed by atoms with Gasteiger partial charge in [0.25, 0.3) is 0 Å². The van der Waals surface area contributed by atoms with E-state index in [-0.39, 0.29) is 0 Å². The lowest BCUT2D eigenvalue weighted by molar-refractivity contribution is 0.296. The standard InChI is InChI=1S/C17H16N2S/c1-19-10-12-5-2-3-6-13(12)14(11-19)17-9-15-16(20-17)7-4-8-18-15/h2-9,14H,10-11H2,1H3. The molecule has 0 N–H and O–H groups in total. The molecule has 0 spiro atoms. The molecule has 3 heterocycles. The summed E-state index contributed by atoms with van der Waals surface area (Å²) in [7, 11) is 2.20. The van der Waals surface area contributed by atoms with Gasteiger partial charge in [0.1, 0.15) is 0 Å². The largest absolute Gasteiger partial charge is 0.301 e. The normalized spacial score (nSPS) is 19.1. The summed E-state index contributed by atoms with van der Waals surface area (Å²) in [6.07, 6.45) is 1.87. The maximum atomic E-state index is 4.47. The number of likely N-dealkylation sites (N-methyl/N-ethyl adjacent to an activating group) is 1. The fraction of sp³-hybridized carbons (Fsp3) is 0.235. The van der Waals surface area contributed by atoms with E-state index in [0.717, 1.165) is 18.6 Å². The minimum atomic E-state index is 0.476. The molecule has 0 aliphatic carbocycles. The van der Waals surface area contributed by atoms with Gasteiger partial charge < -0.3 is 4.90 Å². The SMILES string of the molecule is CN1Cc2ccccc2C(c2cc3ncccc3s2)C1. The number of thiophene rings is 1. The van der Waals surface area contributed by atoms with Crippen LogP contribution in [0.25, 0.3) is 10.2 Å². The first-order valence-electron chi connectivity index (χ1n) is 6.92. The molecule has 0 amide bonds. The number of benzene rings is 1. The Morgan fingerprint density at radius 3 is 3.00 bits per heavy atom. The van der Waals surface area contributed by atoms with Crippen molar-refractivity contribution < 1.29 is 0 Å². The van der Waals surface area contributed by atoms with Gasteiger partial charge in [0.05, 0.1) is 10.2 Å². The molecule has 2 nitrogen and oxygen atoms in total. The van der Waals surface area contributed by atoms with Gasteiger partial charge in [0.2, 0.25) is 0 Å². The molecule has 0 fully saturated rings. The zero-order valence-electron chi connectivity index (χ0n) is 11.4. The molecular weight excluding hydrogens is 264 g/mol. The summed E-state index contributed by atoms with van der Waals surface area (Å²) in [5.74, 6) is 0.476. The zero-order valence-corrected chi connectivity index (χ0v) is 12.2. The van der Waals surface area contributed by atoms with Gasteiger partial charge in [0.15, 0.2) is 0 Å².